The van der Waals surface area contributed by atoms with Gasteiger partial charge in [-0.1, -0.05) is 72.8 Å². The molecule has 5 nitrogen and oxygen atoms in total. The number of aliphatic hydroxyl groups is 1. The topological polar surface area (TPSA) is 61.8 Å². The summed E-state index contributed by atoms with van der Waals surface area (Å²) in [5.74, 6) is -0.235. The van der Waals surface area contributed by atoms with Gasteiger partial charge < -0.3 is 15.2 Å². The maximum Gasteiger partial charge on any atom is 0.335 e. The molecule has 1 spiro atoms. The van der Waals surface area contributed by atoms with Gasteiger partial charge in [-0.3, -0.25) is 4.90 Å². The minimum atomic E-state index is -0.333. The van der Waals surface area contributed by atoms with Gasteiger partial charge in [-0.05, 0) is 41.2 Å². The second kappa shape index (κ2) is 8.67. The van der Waals surface area contributed by atoms with Crippen molar-refractivity contribution in [3.63, 3.8) is 0 Å². The van der Waals surface area contributed by atoms with Gasteiger partial charge in [0.25, 0.3) is 0 Å². The number of aliphatic hydroxyl groups excluding tert-OH is 1. The lowest BCUT2D eigenvalue weighted by Crippen LogP contribution is -2.50. The Kier molecular flexibility index (Phi) is 5.47. The second-order valence-corrected chi connectivity index (χ2v) is 9.81. The second-order valence-electron chi connectivity index (χ2n) is 9.81. The molecule has 1 aliphatic carbocycles. The highest BCUT2D eigenvalue weighted by Crippen LogP contribution is 2.61. The average Bonchev–Trinajstić information content (AvgIpc) is 3.45. The largest absolute Gasteiger partial charge is 0.466 e. The number of methoxy groups -OCH3 is 1. The van der Waals surface area contributed by atoms with Gasteiger partial charge in [0, 0.05) is 36.4 Å². The number of hydrogen-bond donors (Lipinski definition) is 2. The Bertz CT molecular complexity index is 1300. The maximum atomic E-state index is 13.2. The van der Waals surface area contributed by atoms with Crippen LogP contribution in [0.1, 0.15) is 41.0 Å². The quantitative estimate of drug-likeness (QED) is 0.533. The van der Waals surface area contributed by atoms with E-state index >= 15 is 0 Å². The molecule has 3 aromatic carbocycles. The molecule has 1 unspecified atom stereocenters. The van der Waals surface area contributed by atoms with E-state index < -0.39 is 0 Å². The molecule has 6 rings (SSSR count). The van der Waals surface area contributed by atoms with Gasteiger partial charge in [0.15, 0.2) is 0 Å². The van der Waals surface area contributed by atoms with Gasteiger partial charge in [0.05, 0.1) is 24.7 Å². The van der Waals surface area contributed by atoms with Crippen LogP contribution in [0.15, 0.2) is 90.1 Å². The third-order valence-corrected chi connectivity index (χ3v) is 8.20. The zero-order valence-electron chi connectivity index (χ0n) is 19.9. The van der Waals surface area contributed by atoms with E-state index in [9.17, 15) is 9.90 Å². The number of fused-ring (bicyclic) bond motifs is 1. The standard InChI is InChI=1S/C30H30N2O3/c1-35-29(34)24-17-23(22-12-6-5-11-21(22)19-33)28-30(25-13-7-8-14-26(25)31-27(24)30)15-16-32(28)18-20-9-3-2-4-10-20/h2-14,23,28,31,33H,15-19H2,1H3/t23?,28-,30-/m1/s1. The number of carbonyl (C=O) groups excluding carboxylic acids is 1. The SMILES string of the molecule is COC(=O)C1=C2Nc3ccccc3[C@]23CCN(Cc2ccccc2)[C@@H]3C(c2ccccc2CO)C1. The molecule has 0 radical (unpaired) electrons. The Morgan fingerprint density at radius 2 is 1.80 bits per heavy atom. The number of likely N-dealkylation sites (tertiary alicyclic amines) is 1. The predicted molar refractivity (Wildman–Crippen MR) is 136 cm³/mol. The van der Waals surface area contributed by atoms with Gasteiger partial charge in [0.2, 0.25) is 0 Å². The van der Waals surface area contributed by atoms with Crippen molar-refractivity contribution in [2.24, 2.45) is 0 Å². The normalized spacial score (nSPS) is 25.0. The molecule has 3 aromatic rings. The molecule has 0 amide bonds. The summed E-state index contributed by atoms with van der Waals surface area (Å²) in [5.41, 5.74) is 7.04. The Morgan fingerprint density at radius 1 is 1.06 bits per heavy atom. The third kappa shape index (κ3) is 3.33. The Morgan fingerprint density at radius 3 is 2.60 bits per heavy atom. The van der Waals surface area contributed by atoms with Crippen molar-refractivity contribution in [3.8, 4) is 0 Å². The smallest absolute Gasteiger partial charge is 0.335 e. The first-order valence-corrected chi connectivity index (χ1v) is 12.3. The van der Waals surface area contributed by atoms with Crippen molar-refractivity contribution in [1.82, 2.24) is 4.90 Å². The van der Waals surface area contributed by atoms with Crippen molar-refractivity contribution in [1.29, 1.82) is 0 Å². The number of nitrogens with zero attached hydrogens (tertiary/aromatic N) is 1. The Labute approximate surface area is 206 Å². The van der Waals surface area contributed by atoms with Crippen molar-refractivity contribution < 1.29 is 14.6 Å². The number of para-hydroxylation sites is 1. The van der Waals surface area contributed by atoms with Crippen LogP contribution in [0.2, 0.25) is 0 Å². The van der Waals surface area contributed by atoms with Gasteiger partial charge in [0.1, 0.15) is 0 Å². The van der Waals surface area contributed by atoms with Crippen LogP contribution in [0.5, 0.6) is 0 Å². The number of anilines is 1. The molecule has 1 fully saturated rings. The van der Waals surface area contributed by atoms with Gasteiger partial charge in [-0.25, -0.2) is 4.79 Å². The van der Waals surface area contributed by atoms with E-state index in [1.165, 1.54) is 18.2 Å². The number of benzene rings is 3. The molecule has 0 bridgehead atoms. The van der Waals surface area contributed by atoms with Crippen molar-refractivity contribution in [3.05, 3.63) is 112 Å². The summed E-state index contributed by atoms with van der Waals surface area (Å²) in [6.07, 6.45) is 1.49. The van der Waals surface area contributed by atoms with Crippen molar-refractivity contribution in [2.45, 2.75) is 43.4 Å². The van der Waals surface area contributed by atoms with Gasteiger partial charge in [-0.15, -0.1) is 0 Å². The zero-order chi connectivity index (χ0) is 24.0. The lowest BCUT2D eigenvalue weighted by Gasteiger charge is -2.46. The predicted octanol–water partition coefficient (Wildman–Crippen LogP) is 4.73. The molecule has 35 heavy (non-hydrogen) atoms. The Hall–Kier alpha value is -3.41. The molecule has 1 saturated heterocycles. The summed E-state index contributed by atoms with van der Waals surface area (Å²) in [6, 6.07) is 27.3. The molecule has 5 heteroatoms. The lowest BCUT2D eigenvalue weighted by atomic mass is 9.61. The van der Waals surface area contributed by atoms with E-state index in [2.05, 4.69) is 64.8 Å². The highest BCUT2D eigenvalue weighted by Gasteiger charge is 2.61. The van der Waals surface area contributed by atoms with E-state index in [1.807, 2.05) is 24.3 Å². The summed E-state index contributed by atoms with van der Waals surface area (Å²) in [7, 11) is 1.46. The summed E-state index contributed by atoms with van der Waals surface area (Å²) < 4.78 is 5.31. The average molecular weight is 467 g/mol. The summed E-state index contributed by atoms with van der Waals surface area (Å²) >= 11 is 0. The molecule has 2 heterocycles. The first-order chi connectivity index (χ1) is 17.2. The molecule has 2 N–H and O–H groups in total. The number of nitrogens with one attached hydrogen (secondary N) is 1. The molecule has 0 saturated carbocycles. The van der Waals surface area contributed by atoms with E-state index in [-0.39, 0.29) is 30.0 Å². The zero-order valence-corrected chi connectivity index (χ0v) is 19.9. The van der Waals surface area contributed by atoms with E-state index in [4.69, 9.17) is 4.74 Å². The molecule has 0 aromatic heterocycles. The molecular formula is C30H30N2O3. The van der Waals surface area contributed by atoms with Crippen molar-refractivity contribution >= 4 is 11.7 Å². The first-order valence-electron chi connectivity index (χ1n) is 12.3. The fourth-order valence-electron chi connectivity index (χ4n) is 6.85. The lowest BCUT2D eigenvalue weighted by molar-refractivity contribution is -0.136. The number of rotatable bonds is 5. The third-order valence-electron chi connectivity index (χ3n) is 8.20. The van der Waals surface area contributed by atoms with E-state index in [0.717, 1.165) is 47.6 Å². The van der Waals surface area contributed by atoms with Crippen LogP contribution in [0.25, 0.3) is 0 Å². The van der Waals surface area contributed by atoms with Crippen LogP contribution in [-0.4, -0.2) is 35.7 Å². The minimum absolute atomic E-state index is 0.0238. The van der Waals surface area contributed by atoms with Crippen LogP contribution < -0.4 is 5.32 Å². The van der Waals surface area contributed by atoms with E-state index in [0.29, 0.717) is 6.42 Å². The van der Waals surface area contributed by atoms with Crippen LogP contribution in [0.3, 0.4) is 0 Å². The molecule has 2 aliphatic heterocycles. The minimum Gasteiger partial charge on any atom is -0.466 e. The Balaban J connectivity index is 1.58. The molecule has 3 atom stereocenters. The summed E-state index contributed by atoms with van der Waals surface area (Å²) in [4.78, 5) is 15.8. The fraction of sp³-hybridized carbons (Fsp3) is 0.300. The van der Waals surface area contributed by atoms with Crippen LogP contribution in [0.4, 0.5) is 5.69 Å². The van der Waals surface area contributed by atoms with Crippen LogP contribution >= 0.6 is 0 Å². The molecule has 178 valence electrons. The van der Waals surface area contributed by atoms with E-state index in [1.54, 1.807) is 0 Å². The number of ether oxygens (including phenoxy) is 1. The highest BCUT2D eigenvalue weighted by molar-refractivity contribution is 5.93. The van der Waals surface area contributed by atoms with Gasteiger partial charge in [-0.2, -0.15) is 0 Å². The van der Waals surface area contributed by atoms with Crippen LogP contribution in [0, 0.1) is 0 Å². The number of carbonyl (C=O) groups is 1. The molecule has 3 aliphatic rings. The van der Waals surface area contributed by atoms with Crippen molar-refractivity contribution in [2.75, 3.05) is 19.0 Å². The molecular weight excluding hydrogens is 436 g/mol. The van der Waals surface area contributed by atoms with Crippen LogP contribution in [-0.2, 0) is 28.1 Å². The summed E-state index contributed by atoms with van der Waals surface area (Å²) in [5, 5.41) is 13.9. The number of hydrogen-bond acceptors (Lipinski definition) is 5. The number of esters is 1. The monoisotopic (exact) mass is 466 g/mol. The summed E-state index contributed by atoms with van der Waals surface area (Å²) in [6.45, 7) is 1.74. The van der Waals surface area contributed by atoms with Gasteiger partial charge >= 0.3 is 5.97 Å². The first kappa shape index (κ1) is 22.1. The fourth-order valence-corrected chi connectivity index (χ4v) is 6.85. The highest BCUT2D eigenvalue weighted by atomic mass is 16.5. The maximum absolute atomic E-state index is 13.2.